The first-order chi connectivity index (χ1) is 13.2. The van der Waals surface area contributed by atoms with Gasteiger partial charge in [0.2, 0.25) is 11.8 Å². The first-order valence-electron chi connectivity index (χ1n) is 9.44. The predicted octanol–water partition coefficient (Wildman–Crippen LogP) is 1.52. The highest BCUT2D eigenvalue weighted by molar-refractivity contribution is 5.88. The number of nitrogens with zero attached hydrogens (tertiary/aromatic N) is 2. The van der Waals surface area contributed by atoms with Crippen LogP contribution >= 0.6 is 0 Å². The van der Waals surface area contributed by atoms with Crippen LogP contribution in [0.25, 0.3) is 0 Å². The third-order valence-electron chi connectivity index (χ3n) is 4.72. The monoisotopic (exact) mass is 366 g/mol. The van der Waals surface area contributed by atoms with E-state index in [1.807, 2.05) is 41.3 Å². The van der Waals surface area contributed by atoms with Crippen molar-refractivity contribution < 1.29 is 9.59 Å². The van der Waals surface area contributed by atoms with Crippen molar-refractivity contribution in [1.29, 1.82) is 0 Å². The molecule has 0 saturated carbocycles. The number of aryl methyl sites for hydroxylation is 1. The Morgan fingerprint density at radius 2 is 2.00 bits per heavy atom. The van der Waals surface area contributed by atoms with E-state index < -0.39 is 6.04 Å². The van der Waals surface area contributed by atoms with Gasteiger partial charge in [-0.3, -0.25) is 19.5 Å². The molecule has 1 aliphatic rings. The van der Waals surface area contributed by atoms with Crippen LogP contribution in [-0.4, -0.2) is 47.4 Å². The number of carbonyl (C=O) groups excluding carboxylic acids is 2. The van der Waals surface area contributed by atoms with Crippen molar-refractivity contribution >= 4 is 11.8 Å². The van der Waals surface area contributed by atoms with Crippen molar-refractivity contribution in [3.8, 4) is 0 Å². The summed E-state index contributed by atoms with van der Waals surface area (Å²) in [6, 6.07) is 15.5. The molecule has 0 radical (unpaired) electrons. The zero-order chi connectivity index (χ0) is 18.9. The molecule has 1 unspecified atom stereocenters. The molecule has 2 aromatic rings. The minimum absolute atomic E-state index is 0.0865. The number of amides is 2. The summed E-state index contributed by atoms with van der Waals surface area (Å²) in [5, 5.41) is 5.80. The topological polar surface area (TPSA) is 74.3 Å². The van der Waals surface area contributed by atoms with E-state index in [-0.39, 0.29) is 18.2 Å². The fourth-order valence-electron chi connectivity index (χ4n) is 3.29. The molecule has 2 N–H and O–H groups in total. The van der Waals surface area contributed by atoms with E-state index in [4.69, 9.17) is 0 Å². The maximum atomic E-state index is 12.3. The van der Waals surface area contributed by atoms with E-state index >= 15 is 0 Å². The Kier molecular flexibility index (Phi) is 6.93. The first-order valence-corrected chi connectivity index (χ1v) is 9.44. The van der Waals surface area contributed by atoms with Gasteiger partial charge in [0.25, 0.3) is 0 Å². The maximum Gasteiger partial charge on any atom is 0.237 e. The molecule has 0 spiro atoms. The molecule has 1 saturated heterocycles. The largest absolute Gasteiger partial charge is 0.356 e. The molecule has 2 heterocycles. The molecule has 3 rings (SSSR count). The molecule has 1 atom stereocenters. The zero-order valence-electron chi connectivity index (χ0n) is 15.4. The fourth-order valence-corrected chi connectivity index (χ4v) is 3.29. The highest BCUT2D eigenvalue weighted by Crippen LogP contribution is 2.12. The van der Waals surface area contributed by atoms with Gasteiger partial charge in [0.1, 0.15) is 0 Å². The fraction of sp³-hybridized carbons (Fsp3) is 0.381. The van der Waals surface area contributed by atoms with Crippen molar-refractivity contribution in [2.75, 3.05) is 19.6 Å². The molecule has 0 bridgehead atoms. The Bertz CT molecular complexity index is 736. The average molecular weight is 366 g/mol. The Morgan fingerprint density at radius 1 is 1.19 bits per heavy atom. The van der Waals surface area contributed by atoms with Crippen LogP contribution in [0.3, 0.4) is 0 Å². The summed E-state index contributed by atoms with van der Waals surface area (Å²) in [4.78, 5) is 31.0. The maximum absolute atomic E-state index is 12.3. The van der Waals surface area contributed by atoms with E-state index in [2.05, 4.69) is 27.8 Å². The molecular formula is C21H26N4O2. The van der Waals surface area contributed by atoms with Crippen molar-refractivity contribution in [2.24, 2.45) is 0 Å². The number of aromatic nitrogens is 1. The van der Waals surface area contributed by atoms with Crippen LogP contribution in [-0.2, 0) is 22.6 Å². The van der Waals surface area contributed by atoms with Crippen LogP contribution in [0, 0.1) is 0 Å². The Morgan fingerprint density at radius 3 is 2.78 bits per heavy atom. The van der Waals surface area contributed by atoms with E-state index in [0.29, 0.717) is 26.2 Å². The lowest BCUT2D eigenvalue weighted by atomic mass is 10.1. The van der Waals surface area contributed by atoms with Gasteiger partial charge in [0, 0.05) is 32.4 Å². The third kappa shape index (κ3) is 5.89. The van der Waals surface area contributed by atoms with E-state index in [1.165, 1.54) is 5.56 Å². The summed E-state index contributed by atoms with van der Waals surface area (Å²) in [5.41, 5.74) is 2.17. The van der Waals surface area contributed by atoms with Gasteiger partial charge in [-0.05, 0) is 30.5 Å². The number of nitrogens with one attached hydrogen (secondary N) is 2. The summed E-state index contributed by atoms with van der Waals surface area (Å²) in [6.07, 6.45) is 3.72. The quantitative estimate of drug-likeness (QED) is 0.695. The normalized spacial score (nSPS) is 17.3. The second kappa shape index (κ2) is 9.83. The van der Waals surface area contributed by atoms with Gasteiger partial charge in [0.05, 0.1) is 18.2 Å². The summed E-state index contributed by atoms with van der Waals surface area (Å²) < 4.78 is 0. The lowest BCUT2D eigenvalue weighted by Gasteiger charge is -2.34. The van der Waals surface area contributed by atoms with Crippen LogP contribution in [0.5, 0.6) is 0 Å². The van der Waals surface area contributed by atoms with Crippen molar-refractivity contribution in [3.05, 3.63) is 66.0 Å². The lowest BCUT2D eigenvalue weighted by molar-refractivity contribution is -0.134. The molecule has 142 valence electrons. The average Bonchev–Trinajstić information content (AvgIpc) is 2.70. The number of rotatable bonds is 8. The Balaban J connectivity index is 1.47. The Labute approximate surface area is 160 Å². The standard InChI is InChI=1S/C21H26N4O2/c26-20(23-12-6-9-17-7-2-1-3-8-17)15-19-21(27)24-13-14-25(19)16-18-10-4-5-11-22-18/h1-5,7-8,10-11,19H,6,9,12-16H2,(H,23,26)(H,24,27). The second-order valence-corrected chi connectivity index (χ2v) is 6.74. The van der Waals surface area contributed by atoms with Crippen molar-refractivity contribution in [2.45, 2.75) is 31.8 Å². The number of hydrogen-bond donors (Lipinski definition) is 2. The number of carbonyl (C=O) groups is 2. The predicted molar refractivity (Wildman–Crippen MR) is 104 cm³/mol. The summed E-state index contributed by atoms with van der Waals surface area (Å²) in [6.45, 7) is 2.50. The van der Waals surface area contributed by atoms with Gasteiger partial charge in [-0.1, -0.05) is 36.4 Å². The van der Waals surface area contributed by atoms with E-state index in [1.54, 1.807) is 6.20 Å². The molecule has 0 aliphatic carbocycles. The number of piperazine rings is 1. The second-order valence-electron chi connectivity index (χ2n) is 6.74. The van der Waals surface area contributed by atoms with Crippen LogP contribution in [0.2, 0.25) is 0 Å². The number of pyridine rings is 1. The Hall–Kier alpha value is -2.73. The first kappa shape index (κ1) is 19.0. The summed E-state index contributed by atoms with van der Waals surface area (Å²) in [7, 11) is 0. The molecule has 1 aromatic carbocycles. The van der Waals surface area contributed by atoms with Gasteiger partial charge < -0.3 is 10.6 Å². The number of hydrogen-bond acceptors (Lipinski definition) is 4. The van der Waals surface area contributed by atoms with Crippen molar-refractivity contribution in [1.82, 2.24) is 20.5 Å². The van der Waals surface area contributed by atoms with Gasteiger partial charge in [-0.15, -0.1) is 0 Å². The minimum atomic E-state index is -0.449. The van der Waals surface area contributed by atoms with Crippen LogP contribution < -0.4 is 10.6 Å². The van der Waals surface area contributed by atoms with Gasteiger partial charge in [-0.25, -0.2) is 0 Å². The molecular weight excluding hydrogens is 340 g/mol. The molecule has 1 fully saturated rings. The molecule has 6 nitrogen and oxygen atoms in total. The zero-order valence-corrected chi connectivity index (χ0v) is 15.4. The van der Waals surface area contributed by atoms with Gasteiger partial charge >= 0.3 is 0 Å². The molecule has 6 heteroatoms. The van der Waals surface area contributed by atoms with Crippen LogP contribution in [0.4, 0.5) is 0 Å². The summed E-state index contributed by atoms with van der Waals surface area (Å²) in [5.74, 6) is -0.173. The van der Waals surface area contributed by atoms with E-state index in [9.17, 15) is 9.59 Å². The minimum Gasteiger partial charge on any atom is -0.356 e. The third-order valence-corrected chi connectivity index (χ3v) is 4.72. The lowest BCUT2D eigenvalue weighted by Crippen LogP contribution is -2.56. The SMILES string of the molecule is O=C(CC1C(=O)NCCN1Cc1ccccn1)NCCCc1ccccc1. The van der Waals surface area contributed by atoms with Crippen molar-refractivity contribution in [3.63, 3.8) is 0 Å². The number of benzene rings is 1. The van der Waals surface area contributed by atoms with Gasteiger partial charge in [-0.2, -0.15) is 0 Å². The molecule has 2 amide bonds. The highest BCUT2D eigenvalue weighted by Gasteiger charge is 2.31. The van der Waals surface area contributed by atoms with Crippen LogP contribution in [0.15, 0.2) is 54.7 Å². The van der Waals surface area contributed by atoms with Crippen LogP contribution in [0.1, 0.15) is 24.1 Å². The summed E-state index contributed by atoms with van der Waals surface area (Å²) >= 11 is 0. The molecule has 27 heavy (non-hydrogen) atoms. The highest BCUT2D eigenvalue weighted by atomic mass is 16.2. The molecule has 1 aliphatic heterocycles. The smallest absolute Gasteiger partial charge is 0.237 e. The van der Waals surface area contributed by atoms with Gasteiger partial charge in [0.15, 0.2) is 0 Å². The van der Waals surface area contributed by atoms with E-state index in [0.717, 1.165) is 18.5 Å². The molecule has 1 aromatic heterocycles.